The van der Waals surface area contributed by atoms with Crippen LogP contribution in [-0.4, -0.2) is 11.6 Å². The predicted octanol–water partition coefficient (Wildman–Crippen LogP) is 3.00. The second-order valence-corrected chi connectivity index (χ2v) is 4.13. The molecule has 0 aromatic heterocycles. The topological polar surface area (TPSA) is 34.1 Å². The van der Waals surface area contributed by atoms with E-state index in [1.54, 1.807) is 24.3 Å². The van der Waals surface area contributed by atoms with E-state index < -0.39 is 0 Å². The summed E-state index contributed by atoms with van der Waals surface area (Å²) in [4.78, 5) is 23.0. The SMILES string of the molecule is O=C1C=C(c2ccc(Cl)cc2)C(=O)C=C1Cl. The number of carbonyl (C=O) groups is 2. The highest BCUT2D eigenvalue weighted by Crippen LogP contribution is 2.24. The van der Waals surface area contributed by atoms with Crippen LogP contribution in [0.5, 0.6) is 0 Å². The summed E-state index contributed by atoms with van der Waals surface area (Å²) in [6.45, 7) is 0. The summed E-state index contributed by atoms with van der Waals surface area (Å²) in [6, 6.07) is 6.70. The van der Waals surface area contributed by atoms with Gasteiger partial charge < -0.3 is 0 Å². The maximum atomic E-state index is 11.6. The van der Waals surface area contributed by atoms with Crippen LogP contribution in [0, 0.1) is 0 Å². The van der Waals surface area contributed by atoms with Crippen LogP contribution in [0.1, 0.15) is 5.56 Å². The van der Waals surface area contributed by atoms with Gasteiger partial charge in [-0.25, -0.2) is 0 Å². The maximum absolute atomic E-state index is 11.6. The molecule has 0 radical (unpaired) electrons. The van der Waals surface area contributed by atoms with Gasteiger partial charge in [0.25, 0.3) is 0 Å². The monoisotopic (exact) mass is 252 g/mol. The number of halogens is 2. The third-order valence-corrected chi connectivity index (χ3v) is 2.74. The molecule has 0 atom stereocenters. The lowest BCUT2D eigenvalue weighted by Crippen LogP contribution is -2.09. The minimum Gasteiger partial charge on any atom is -0.289 e. The van der Waals surface area contributed by atoms with Gasteiger partial charge >= 0.3 is 0 Å². The Bertz CT molecular complexity index is 524. The third-order valence-electron chi connectivity index (χ3n) is 2.19. The van der Waals surface area contributed by atoms with Crippen molar-refractivity contribution >= 4 is 40.3 Å². The standard InChI is InChI=1S/C12H6Cl2O2/c13-8-3-1-7(2-4-8)9-5-12(16)10(14)6-11(9)15/h1-6H. The molecule has 1 aromatic rings. The largest absolute Gasteiger partial charge is 0.289 e. The predicted molar refractivity (Wildman–Crippen MR) is 63.4 cm³/mol. The van der Waals surface area contributed by atoms with E-state index in [0.717, 1.165) is 6.08 Å². The normalized spacial score (nSPS) is 15.9. The van der Waals surface area contributed by atoms with E-state index >= 15 is 0 Å². The van der Waals surface area contributed by atoms with Crippen molar-refractivity contribution in [1.82, 2.24) is 0 Å². The molecule has 1 aliphatic rings. The first kappa shape index (κ1) is 11.1. The van der Waals surface area contributed by atoms with Gasteiger partial charge in [0.1, 0.15) is 0 Å². The molecule has 1 aliphatic carbocycles. The molecule has 0 amide bonds. The van der Waals surface area contributed by atoms with E-state index in [-0.39, 0.29) is 16.6 Å². The van der Waals surface area contributed by atoms with E-state index in [4.69, 9.17) is 23.2 Å². The Morgan fingerprint density at radius 3 is 2.06 bits per heavy atom. The lowest BCUT2D eigenvalue weighted by molar-refractivity contribution is -0.113. The first-order chi connectivity index (χ1) is 7.58. The summed E-state index contributed by atoms with van der Waals surface area (Å²) in [6.07, 6.45) is 2.38. The van der Waals surface area contributed by atoms with E-state index in [0.29, 0.717) is 16.2 Å². The highest BCUT2D eigenvalue weighted by molar-refractivity contribution is 6.50. The molecule has 0 aliphatic heterocycles. The van der Waals surface area contributed by atoms with Gasteiger partial charge in [-0.15, -0.1) is 0 Å². The minimum atomic E-state index is -0.355. The van der Waals surface area contributed by atoms with Crippen molar-refractivity contribution in [3.8, 4) is 0 Å². The van der Waals surface area contributed by atoms with Crippen LogP contribution >= 0.6 is 23.2 Å². The van der Waals surface area contributed by atoms with Gasteiger partial charge in [0.15, 0.2) is 11.6 Å². The summed E-state index contributed by atoms with van der Waals surface area (Å²) in [7, 11) is 0. The molecule has 0 saturated heterocycles. The van der Waals surface area contributed by atoms with Crippen LogP contribution in [0.2, 0.25) is 5.02 Å². The summed E-state index contributed by atoms with van der Waals surface area (Å²) < 4.78 is 0. The van der Waals surface area contributed by atoms with Crippen molar-refractivity contribution in [2.24, 2.45) is 0 Å². The molecule has 4 heteroatoms. The van der Waals surface area contributed by atoms with Gasteiger partial charge in [-0.3, -0.25) is 9.59 Å². The summed E-state index contributed by atoms with van der Waals surface area (Å²) in [5.74, 6) is -0.627. The molecule has 0 N–H and O–H groups in total. The minimum absolute atomic E-state index is 0.0530. The zero-order chi connectivity index (χ0) is 11.7. The van der Waals surface area contributed by atoms with E-state index in [2.05, 4.69) is 0 Å². The van der Waals surface area contributed by atoms with Gasteiger partial charge in [-0.1, -0.05) is 35.3 Å². The lowest BCUT2D eigenvalue weighted by Gasteiger charge is -2.08. The fraction of sp³-hybridized carbons (Fsp3) is 0. The molecule has 80 valence electrons. The maximum Gasteiger partial charge on any atom is 0.198 e. The summed E-state index contributed by atoms with van der Waals surface area (Å²) in [5.41, 5.74) is 0.995. The van der Waals surface area contributed by atoms with Crippen LogP contribution < -0.4 is 0 Å². The molecule has 2 rings (SSSR count). The van der Waals surface area contributed by atoms with Gasteiger partial charge in [-0.05, 0) is 23.8 Å². The van der Waals surface area contributed by atoms with Crippen molar-refractivity contribution in [2.75, 3.05) is 0 Å². The molecule has 0 spiro atoms. The molecule has 16 heavy (non-hydrogen) atoms. The van der Waals surface area contributed by atoms with Gasteiger partial charge in [0.2, 0.25) is 0 Å². The van der Waals surface area contributed by atoms with Crippen LogP contribution in [0.3, 0.4) is 0 Å². The third kappa shape index (κ3) is 2.08. The average Bonchev–Trinajstić information content (AvgIpc) is 2.25. The number of ketones is 2. The fourth-order valence-corrected chi connectivity index (χ4v) is 1.67. The van der Waals surface area contributed by atoms with Gasteiger partial charge in [-0.2, -0.15) is 0 Å². The van der Waals surface area contributed by atoms with Crippen molar-refractivity contribution in [1.29, 1.82) is 0 Å². The van der Waals surface area contributed by atoms with E-state index in [1.807, 2.05) is 0 Å². The molecule has 0 bridgehead atoms. The highest BCUT2D eigenvalue weighted by atomic mass is 35.5. The van der Waals surface area contributed by atoms with E-state index in [1.165, 1.54) is 6.08 Å². The number of hydrogen-bond acceptors (Lipinski definition) is 2. The van der Waals surface area contributed by atoms with Crippen molar-refractivity contribution in [3.05, 3.63) is 52.0 Å². The summed E-state index contributed by atoms with van der Waals surface area (Å²) >= 11 is 11.3. The Labute approximate surface area is 102 Å². The lowest BCUT2D eigenvalue weighted by atomic mass is 9.96. The van der Waals surface area contributed by atoms with Crippen molar-refractivity contribution < 1.29 is 9.59 Å². The number of rotatable bonds is 1. The zero-order valence-electron chi connectivity index (χ0n) is 8.04. The first-order valence-electron chi connectivity index (χ1n) is 4.51. The van der Waals surface area contributed by atoms with Crippen LogP contribution in [0.25, 0.3) is 5.57 Å². The number of allylic oxidation sites excluding steroid dienone is 4. The number of benzene rings is 1. The molecular weight excluding hydrogens is 247 g/mol. The van der Waals surface area contributed by atoms with E-state index in [9.17, 15) is 9.59 Å². The van der Waals surface area contributed by atoms with Crippen LogP contribution in [0.15, 0.2) is 41.4 Å². The Kier molecular flexibility index (Phi) is 2.95. The molecule has 2 nitrogen and oxygen atoms in total. The van der Waals surface area contributed by atoms with Gasteiger partial charge in [0.05, 0.1) is 5.03 Å². The smallest absolute Gasteiger partial charge is 0.198 e. The molecule has 0 saturated carbocycles. The van der Waals surface area contributed by atoms with Crippen LogP contribution in [0.4, 0.5) is 0 Å². The zero-order valence-corrected chi connectivity index (χ0v) is 9.55. The van der Waals surface area contributed by atoms with Crippen molar-refractivity contribution in [3.63, 3.8) is 0 Å². The Morgan fingerprint density at radius 1 is 0.812 bits per heavy atom. The molecule has 0 fully saturated rings. The Morgan fingerprint density at radius 2 is 1.44 bits per heavy atom. The van der Waals surface area contributed by atoms with Crippen LogP contribution in [-0.2, 0) is 9.59 Å². The first-order valence-corrected chi connectivity index (χ1v) is 5.27. The second kappa shape index (κ2) is 4.24. The molecule has 0 heterocycles. The second-order valence-electron chi connectivity index (χ2n) is 3.29. The average molecular weight is 253 g/mol. The van der Waals surface area contributed by atoms with Crippen molar-refractivity contribution in [2.45, 2.75) is 0 Å². The fourth-order valence-electron chi connectivity index (χ4n) is 1.39. The molecule has 1 aromatic carbocycles. The molecule has 0 unspecified atom stereocenters. The molecular formula is C12H6Cl2O2. The Balaban J connectivity index is 2.43. The number of carbonyl (C=O) groups excluding carboxylic acids is 2. The van der Waals surface area contributed by atoms with Gasteiger partial charge in [0, 0.05) is 16.7 Å². The highest BCUT2D eigenvalue weighted by Gasteiger charge is 2.19. The summed E-state index contributed by atoms with van der Waals surface area (Å²) in [5, 5.41) is 0.523. The Hall–Kier alpha value is -1.38. The number of hydrogen-bond donors (Lipinski definition) is 0. The quantitative estimate of drug-likeness (QED) is 0.721.